The molecule has 0 spiro atoms. The number of esters is 1. The topological polar surface area (TPSA) is 71.1 Å². The van der Waals surface area contributed by atoms with Crippen molar-refractivity contribution in [1.29, 1.82) is 0 Å². The summed E-state index contributed by atoms with van der Waals surface area (Å²) >= 11 is 0. The molecule has 1 fully saturated rings. The maximum atomic E-state index is 14.8. The molecule has 7 heteroatoms. The van der Waals surface area contributed by atoms with Gasteiger partial charge in [-0.25, -0.2) is 4.39 Å². The lowest BCUT2D eigenvalue weighted by molar-refractivity contribution is -0.149. The van der Waals surface area contributed by atoms with E-state index in [2.05, 4.69) is 21.2 Å². The number of aromatic amines is 1. The largest absolute Gasteiger partial charge is 0.466 e. The van der Waals surface area contributed by atoms with Crippen molar-refractivity contribution in [3.8, 4) is 22.5 Å². The van der Waals surface area contributed by atoms with Crippen molar-refractivity contribution < 1.29 is 13.9 Å². The Labute approximate surface area is 210 Å². The van der Waals surface area contributed by atoms with E-state index < -0.39 is 0 Å². The monoisotopic (exact) mass is 484 g/mol. The molecular weight excluding hydrogens is 455 g/mol. The molecule has 2 aromatic heterocycles. The second-order valence-corrected chi connectivity index (χ2v) is 8.99. The van der Waals surface area contributed by atoms with Crippen LogP contribution in [0.25, 0.3) is 22.5 Å². The number of hydrogen-bond acceptors (Lipinski definition) is 5. The summed E-state index contributed by atoms with van der Waals surface area (Å²) in [7, 11) is 0. The standard InChI is InChI=1S/C29H29FN4O2/c1-2-36-29(35)21-14-16-34(17-15-21)28(22-12-13-26(31-18-22)20-8-4-3-5-9-20)24-19-32-33-27(24)23-10-6-7-11-25(23)30/h3-13,18-19,21,28H,2,14-17H2,1H3,(H,32,33). The molecule has 1 aliphatic heterocycles. The highest BCUT2D eigenvalue weighted by atomic mass is 19.1. The predicted molar refractivity (Wildman–Crippen MR) is 136 cm³/mol. The second-order valence-electron chi connectivity index (χ2n) is 8.99. The van der Waals surface area contributed by atoms with Crippen molar-refractivity contribution in [3.05, 3.63) is 96.1 Å². The lowest BCUT2D eigenvalue weighted by Crippen LogP contribution is -2.39. The molecule has 0 bridgehead atoms. The summed E-state index contributed by atoms with van der Waals surface area (Å²) in [6.45, 7) is 3.63. The average Bonchev–Trinajstić information content (AvgIpc) is 3.39. The van der Waals surface area contributed by atoms with Crippen LogP contribution in [0.15, 0.2) is 79.1 Å². The fourth-order valence-electron chi connectivity index (χ4n) is 4.97. The number of piperidine rings is 1. The number of pyridine rings is 1. The van der Waals surface area contributed by atoms with Crippen LogP contribution in [0.4, 0.5) is 4.39 Å². The summed E-state index contributed by atoms with van der Waals surface area (Å²) in [5.41, 5.74) is 4.93. The zero-order valence-electron chi connectivity index (χ0n) is 20.2. The molecule has 0 amide bonds. The quantitative estimate of drug-likeness (QED) is 0.344. The molecular formula is C29H29FN4O2. The maximum Gasteiger partial charge on any atom is 0.309 e. The molecule has 4 aromatic rings. The summed E-state index contributed by atoms with van der Waals surface area (Å²) in [6.07, 6.45) is 5.08. The Balaban J connectivity index is 1.50. The van der Waals surface area contributed by atoms with E-state index in [-0.39, 0.29) is 23.7 Å². The fourth-order valence-corrected chi connectivity index (χ4v) is 4.97. The molecule has 0 radical (unpaired) electrons. The number of hydrogen-bond donors (Lipinski definition) is 1. The van der Waals surface area contributed by atoms with Gasteiger partial charge in [0.1, 0.15) is 5.82 Å². The molecule has 1 aliphatic rings. The maximum absolute atomic E-state index is 14.8. The first-order chi connectivity index (χ1) is 17.7. The number of carbonyl (C=O) groups excluding carboxylic acids is 1. The van der Waals surface area contributed by atoms with Gasteiger partial charge in [0.2, 0.25) is 0 Å². The van der Waals surface area contributed by atoms with Crippen LogP contribution in [0.3, 0.4) is 0 Å². The van der Waals surface area contributed by atoms with Gasteiger partial charge in [0.05, 0.1) is 36.2 Å². The third kappa shape index (κ3) is 4.93. The Kier molecular flexibility index (Phi) is 7.18. The molecule has 3 heterocycles. The van der Waals surface area contributed by atoms with E-state index in [1.54, 1.807) is 18.3 Å². The van der Waals surface area contributed by atoms with Crippen LogP contribution in [-0.2, 0) is 9.53 Å². The summed E-state index contributed by atoms with van der Waals surface area (Å²) in [6, 6.07) is 20.7. The van der Waals surface area contributed by atoms with Crippen LogP contribution in [0.1, 0.15) is 36.9 Å². The van der Waals surface area contributed by atoms with Crippen LogP contribution >= 0.6 is 0 Å². The smallest absolute Gasteiger partial charge is 0.309 e. The molecule has 5 rings (SSSR count). The van der Waals surface area contributed by atoms with Crippen molar-refractivity contribution in [3.63, 3.8) is 0 Å². The minimum absolute atomic E-state index is 0.101. The second kappa shape index (κ2) is 10.8. The zero-order chi connectivity index (χ0) is 24.9. The predicted octanol–water partition coefficient (Wildman–Crippen LogP) is 5.64. The number of likely N-dealkylation sites (tertiary alicyclic amines) is 1. The van der Waals surface area contributed by atoms with Crippen molar-refractivity contribution in [2.45, 2.75) is 25.8 Å². The van der Waals surface area contributed by atoms with Crippen LogP contribution < -0.4 is 0 Å². The van der Waals surface area contributed by atoms with Crippen LogP contribution in [0.5, 0.6) is 0 Å². The molecule has 1 unspecified atom stereocenters. The molecule has 6 nitrogen and oxygen atoms in total. The van der Waals surface area contributed by atoms with E-state index in [4.69, 9.17) is 9.72 Å². The van der Waals surface area contributed by atoms with Gasteiger partial charge in [0.25, 0.3) is 0 Å². The highest BCUT2D eigenvalue weighted by Crippen LogP contribution is 2.38. The van der Waals surface area contributed by atoms with Gasteiger partial charge in [-0.15, -0.1) is 0 Å². The Morgan fingerprint density at radius 1 is 1.06 bits per heavy atom. The molecule has 36 heavy (non-hydrogen) atoms. The average molecular weight is 485 g/mol. The third-order valence-electron chi connectivity index (χ3n) is 6.79. The summed E-state index contributed by atoms with van der Waals surface area (Å²) in [5, 5.41) is 7.32. The number of nitrogens with one attached hydrogen (secondary N) is 1. The third-order valence-corrected chi connectivity index (χ3v) is 6.79. The van der Waals surface area contributed by atoms with Gasteiger partial charge in [-0.2, -0.15) is 5.10 Å². The molecule has 1 atom stereocenters. The first-order valence-corrected chi connectivity index (χ1v) is 12.4. The Hall–Kier alpha value is -3.84. The van der Waals surface area contributed by atoms with Gasteiger partial charge < -0.3 is 4.74 Å². The van der Waals surface area contributed by atoms with Gasteiger partial charge in [-0.3, -0.25) is 19.8 Å². The number of benzene rings is 2. The number of nitrogens with zero attached hydrogens (tertiary/aromatic N) is 3. The number of rotatable bonds is 7. The number of H-pyrrole nitrogens is 1. The Bertz CT molecular complexity index is 1300. The SMILES string of the molecule is CCOC(=O)C1CCN(C(c2ccc(-c3ccccc3)nc2)c2cn[nH]c2-c2ccccc2F)CC1. The highest BCUT2D eigenvalue weighted by molar-refractivity contribution is 5.72. The lowest BCUT2D eigenvalue weighted by Gasteiger charge is -2.37. The molecule has 184 valence electrons. The molecule has 2 aromatic carbocycles. The number of ether oxygens (including phenoxy) is 1. The van der Waals surface area contributed by atoms with Gasteiger partial charge >= 0.3 is 5.97 Å². The normalized spacial score (nSPS) is 15.5. The van der Waals surface area contributed by atoms with Crippen molar-refractivity contribution in [2.75, 3.05) is 19.7 Å². The molecule has 0 saturated carbocycles. The summed E-state index contributed by atoms with van der Waals surface area (Å²) in [5.74, 6) is -0.533. The van der Waals surface area contributed by atoms with Crippen LogP contribution in [0.2, 0.25) is 0 Å². The first-order valence-electron chi connectivity index (χ1n) is 12.4. The summed E-state index contributed by atoms with van der Waals surface area (Å²) in [4.78, 5) is 19.4. The fraction of sp³-hybridized carbons (Fsp3) is 0.276. The zero-order valence-corrected chi connectivity index (χ0v) is 20.2. The van der Waals surface area contributed by atoms with E-state index in [1.165, 1.54) is 6.07 Å². The van der Waals surface area contributed by atoms with Gasteiger partial charge in [0.15, 0.2) is 0 Å². The Morgan fingerprint density at radius 3 is 2.50 bits per heavy atom. The van der Waals surface area contributed by atoms with E-state index in [9.17, 15) is 9.18 Å². The van der Waals surface area contributed by atoms with Crippen molar-refractivity contribution in [1.82, 2.24) is 20.1 Å². The van der Waals surface area contributed by atoms with E-state index >= 15 is 0 Å². The van der Waals surface area contributed by atoms with E-state index in [0.29, 0.717) is 43.8 Å². The van der Waals surface area contributed by atoms with Crippen molar-refractivity contribution >= 4 is 5.97 Å². The first kappa shape index (κ1) is 23.9. The van der Waals surface area contributed by atoms with E-state index in [1.807, 2.05) is 55.6 Å². The van der Waals surface area contributed by atoms with Gasteiger partial charge in [-0.1, -0.05) is 48.5 Å². The number of halogens is 1. The van der Waals surface area contributed by atoms with E-state index in [0.717, 1.165) is 22.4 Å². The number of carbonyl (C=O) groups is 1. The highest BCUT2D eigenvalue weighted by Gasteiger charge is 2.33. The lowest BCUT2D eigenvalue weighted by atomic mass is 9.90. The molecule has 1 N–H and O–H groups in total. The van der Waals surface area contributed by atoms with Gasteiger partial charge in [0, 0.05) is 22.9 Å². The molecule has 1 saturated heterocycles. The minimum Gasteiger partial charge on any atom is -0.466 e. The van der Waals surface area contributed by atoms with Crippen LogP contribution in [0, 0.1) is 11.7 Å². The van der Waals surface area contributed by atoms with Gasteiger partial charge in [-0.05, 0) is 56.6 Å². The minimum atomic E-state index is -0.305. The Morgan fingerprint density at radius 2 is 1.81 bits per heavy atom. The molecule has 0 aliphatic carbocycles. The number of aromatic nitrogens is 3. The van der Waals surface area contributed by atoms with Crippen molar-refractivity contribution in [2.24, 2.45) is 5.92 Å². The van der Waals surface area contributed by atoms with Crippen LogP contribution in [-0.4, -0.2) is 45.7 Å². The summed E-state index contributed by atoms with van der Waals surface area (Å²) < 4.78 is 20.0.